The van der Waals surface area contributed by atoms with Crippen LogP contribution in [-0.4, -0.2) is 84.7 Å². The molecule has 2 aliphatic heterocycles. The molecular weight excluding hydrogens is 493 g/mol. The van der Waals surface area contributed by atoms with E-state index in [9.17, 15) is 4.79 Å². The number of carbonyl (C=O) groups excluding carboxylic acids is 1. The second kappa shape index (κ2) is 11.6. The molecule has 0 N–H and O–H groups in total. The highest BCUT2D eigenvalue weighted by molar-refractivity contribution is 6.35. The Morgan fingerprint density at radius 3 is 2.12 bits per heavy atom. The summed E-state index contributed by atoms with van der Waals surface area (Å²) < 4.78 is 5.87. The van der Waals surface area contributed by atoms with Gasteiger partial charge in [-0.3, -0.25) is 14.6 Å². The van der Waals surface area contributed by atoms with Gasteiger partial charge in [0, 0.05) is 72.5 Å². The molecule has 2 unspecified atom stereocenters. The van der Waals surface area contributed by atoms with Crippen molar-refractivity contribution in [2.24, 2.45) is 0 Å². The molecule has 0 spiro atoms. The van der Waals surface area contributed by atoms with Crippen molar-refractivity contribution in [3.63, 3.8) is 0 Å². The van der Waals surface area contributed by atoms with Crippen LogP contribution in [0.4, 0.5) is 0 Å². The van der Waals surface area contributed by atoms with E-state index in [-0.39, 0.29) is 24.2 Å². The van der Waals surface area contributed by atoms with E-state index in [0.29, 0.717) is 27.2 Å². The number of morpholine rings is 1. The van der Waals surface area contributed by atoms with E-state index in [1.54, 1.807) is 18.2 Å². The fourth-order valence-electron chi connectivity index (χ4n) is 5.05. The van der Waals surface area contributed by atoms with E-state index < -0.39 is 0 Å². The fraction of sp³-hybridized carbons (Fsp3) is 0.500. The SMILES string of the molecule is CC1CN(CCN2CCN(C(=O)c3cc(Cl)cc(Cl)c3)[C@H](Cc3ccc(Cl)cc3)C2)CC(C)O1. The zero-order chi connectivity index (χ0) is 24.2. The average molecular weight is 525 g/mol. The van der Waals surface area contributed by atoms with Crippen LogP contribution in [0.1, 0.15) is 29.8 Å². The first-order valence-electron chi connectivity index (χ1n) is 11.9. The molecule has 8 heteroatoms. The van der Waals surface area contributed by atoms with Gasteiger partial charge in [0.2, 0.25) is 0 Å². The molecular formula is C26H32Cl3N3O2. The van der Waals surface area contributed by atoms with Gasteiger partial charge in [0.15, 0.2) is 0 Å². The predicted molar refractivity (Wildman–Crippen MR) is 139 cm³/mol. The number of nitrogens with zero attached hydrogens (tertiary/aromatic N) is 3. The molecule has 0 aromatic heterocycles. The number of rotatable bonds is 6. The van der Waals surface area contributed by atoms with Crippen LogP contribution in [0.2, 0.25) is 15.1 Å². The summed E-state index contributed by atoms with van der Waals surface area (Å²) >= 11 is 18.5. The normalized spacial score (nSPS) is 24.4. The summed E-state index contributed by atoms with van der Waals surface area (Å²) in [6.07, 6.45) is 1.29. The first kappa shape index (κ1) is 25.7. The molecule has 0 aliphatic carbocycles. The third kappa shape index (κ3) is 6.87. The summed E-state index contributed by atoms with van der Waals surface area (Å²) in [5.74, 6) is -0.0288. The van der Waals surface area contributed by atoms with E-state index in [4.69, 9.17) is 39.5 Å². The van der Waals surface area contributed by atoms with Crippen molar-refractivity contribution in [2.75, 3.05) is 45.8 Å². The summed E-state index contributed by atoms with van der Waals surface area (Å²) in [4.78, 5) is 20.4. The standard InChI is InChI=1S/C26H32Cl3N3O2/c1-18-15-31(16-19(2)34-18)8-7-30-9-10-32(26(33)21-12-23(28)14-24(29)13-21)25(17-30)11-20-3-5-22(27)6-4-20/h3-6,12-14,18-19,25H,7-11,15-17H2,1-2H3/t18?,19?,25-/m1/s1. The largest absolute Gasteiger partial charge is 0.373 e. The second-order valence-corrected chi connectivity index (χ2v) is 10.8. The summed E-state index contributed by atoms with van der Waals surface area (Å²) in [6.45, 7) is 10.5. The van der Waals surface area contributed by atoms with E-state index in [1.165, 1.54) is 0 Å². The summed E-state index contributed by atoms with van der Waals surface area (Å²) in [5.41, 5.74) is 1.69. The van der Waals surface area contributed by atoms with Crippen molar-refractivity contribution in [3.05, 3.63) is 68.7 Å². The number of benzene rings is 2. The van der Waals surface area contributed by atoms with Crippen molar-refractivity contribution in [1.82, 2.24) is 14.7 Å². The molecule has 1 amide bonds. The van der Waals surface area contributed by atoms with Crippen LogP contribution in [0.5, 0.6) is 0 Å². The molecule has 34 heavy (non-hydrogen) atoms. The van der Waals surface area contributed by atoms with Gasteiger partial charge in [-0.25, -0.2) is 0 Å². The maximum absolute atomic E-state index is 13.5. The van der Waals surface area contributed by atoms with Gasteiger partial charge in [-0.05, 0) is 56.2 Å². The summed E-state index contributed by atoms with van der Waals surface area (Å²) in [6, 6.07) is 13.0. The molecule has 2 aliphatic rings. The van der Waals surface area contributed by atoms with Crippen LogP contribution in [-0.2, 0) is 11.2 Å². The lowest BCUT2D eigenvalue weighted by Gasteiger charge is -2.43. The van der Waals surface area contributed by atoms with Crippen molar-refractivity contribution in [1.29, 1.82) is 0 Å². The van der Waals surface area contributed by atoms with Crippen molar-refractivity contribution in [3.8, 4) is 0 Å². The van der Waals surface area contributed by atoms with Crippen LogP contribution in [0, 0.1) is 0 Å². The average Bonchev–Trinajstić information content (AvgIpc) is 2.78. The smallest absolute Gasteiger partial charge is 0.254 e. The number of halogens is 3. The minimum Gasteiger partial charge on any atom is -0.373 e. The van der Waals surface area contributed by atoms with Crippen molar-refractivity contribution < 1.29 is 9.53 Å². The van der Waals surface area contributed by atoms with Crippen LogP contribution in [0.3, 0.4) is 0 Å². The van der Waals surface area contributed by atoms with Crippen LogP contribution in [0.15, 0.2) is 42.5 Å². The molecule has 0 saturated carbocycles. The number of hydrogen-bond donors (Lipinski definition) is 0. The van der Waals surface area contributed by atoms with E-state index >= 15 is 0 Å². The molecule has 2 aromatic carbocycles. The second-order valence-electron chi connectivity index (χ2n) is 9.46. The Bertz CT molecular complexity index is 958. The number of amides is 1. The zero-order valence-corrected chi connectivity index (χ0v) is 22.0. The van der Waals surface area contributed by atoms with Crippen LogP contribution >= 0.6 is 34.8 Å². The van der Waals surface area contributed by atoms with Gasteiger partial charge >= 0.3 is 0 Å². The third-order valence-electron chi connectivity index (χ3n) is 6.55. The molecule has 5 nitrogen and oxygen atoms in total. The lowest BCUT2D eigenvalue weighted by Crippen LogP contribution is -2.57. The summed E-state index contributed by atoms with van der Waals surface area (Å²) in [5, 5.41) is 1.65. The Balaban J connectivity index is 1.46. The first-order valence-corrected chi connectivity index (χ1v) is 13.0. The van der Waals surface area contributed by atoms with Gasteiger partial charge in [-0.15, -0.1) is 0 Å². The maximum atomic E-state index is 13.5. The monoisotopic (exact) mass is 523 g/mol. The molecule has 4 rings (SSSR count). The van der Waals surface area contributed by atoms with E-state index in [1.807, 2.05) is 29.2 Å². The Labute approximate surface area is 217 Å². The molecule has 0 radical (unpaired) electrons. The van der Waals surface area contributed by atoms with Crippen LogP contribution in [0.25, 0.3) is 0 Å². The topological polar surface area (TPSA) is 36.0 Å². The lowest BCUT2D eigenvalue weighted by molar-refractivity contribution is -0.0702. The Morgan fingerprint density at radius 2 is 1.47 bits per heavy atom. The lowest BCUT2D eigenvalue weighted by atomic mass is 10.0. The Morgan fingerprint density at radius 1 is 0.853 bits per heavy atom. The highest BCUT2D eigenvalue weighted by atomic mass is 35.5. The molecule has 184 valence electrons. The number of carbonyl (C=O) groups is 1. The third-order valence-corrected chi connectivity index (χ3v) is 7.24. The van der Waals surface area contributed by atoms with Crippen molar-refractivity contribution in [2.45, 2.75) is 38.5 Å². The zero-order valence-electron chi connectivity index (χ0n) is 19.7. The minimum atomic E-state index is -0.0288. The van der Waals surface area contributed by atoms with E-state index in [2.05, 4.69) is 23.6 Å². The molecule has 0 bridgehead atoms. The van der Waals surface area contributed by atoms with Gasteiger partial charge in [0.05, 0.1) is 12.2 Å². The van der Waals surface area contributed by atoms with Gasteiger partial charge < -0.3 is 9.64 Å². The number of ether oxygens (including phenoxy) is 1. The fourth-order valence-corrected chi connectivity index (χ4v) is 5.70. The van der Waals surface area contributed by atoms with Gasteiger partial charge in [-0.1, -0.05) is 46.9 Å². The molecule has 2 aromatic rings. The van der Waals surface area contributed by atoms with Gasteiger partial charge in [-0.2, -0.15) is 0 Å². The minimum absolute atomic E-state index is 0.0288. The Hall–Kier alpha value is -1.34. The molecule has 3 atom stereocenters. The van der Waals surface area contributed by atoms with Crippen LogP contribution < -0.4 is 0 Å². The predicted octanol–water partition coefficient (Wildman–Crippen LogP) is 5.13. The van der Waals surface area contributed by atoms with Gasteiger partial charge in [0.25, 0.3) is 5.91 Å². The maximum Gasteiger partial charge on any atom is 0.254 e. The molecule has 2 saturated heterocycles. The quantitative estimate of drug-likeness (QED) is 0.525. The summed E-state index contributed by atoms with van der Waals surface area (Å²) in [7, 11) is 0. The Kier molecular flexibility index (Phi) is 8.78. The number of hydrogen-bond acceptors (Lipinski definition) is 4. The molecule has 2 fully saturated rings. The van der Waals surface area contributed by atoms with Gasteiger partial charge in [0.1, 0.15) is 0 Å². The molecule has 2 heterocycles. The highest BCUT2D eigenvalue weighted by Gasteiger charge is 2.32. The first-order chi connectivity index (χ1) is 16.3. The number of piperazine rings is 1. The van der Waals surface area contributed by atoms with Crippen molar-refractivity contribution >= 4 is 40.7 Å². The van der Waals surface area contributed by atoms with E-state index in [0.717, 1.165) is 51.3 Å². The highest BCUT2D eigenvalue weighted by Crippen LogP contribution is 2.24.